The first kappa shape index (κ1) is 19.0. The SMILES string of the molecule is COc1ccc(Cl)cc1NC(=O)C(C)Sc1nnnn1-c1ccc(O)cc1. The number of phenols is 1. The monoisotopic (exact) mass is 405 g/mol. The van der Waals surface area contributed by atoms with Crippen LogP contribution in [0.15, 0.2) is 47.6 Å². The highest BCUT2D eigenvalue weighted by atomic mass is 35.5. The van der Waals surface area contributed by atoms with Gasteiger partial charge in [0.1, 0.15) is 11.5 Å². The van der Waals surface area contributed by atoms with E-state index in [1.807, 2.05) is 0 Å². The van der Waals surface area contributed by atoms with Crippen molar-refractivity contribution in [3.05, 3.63) is 47.5 Å². The molecule has 0 fully saturated rings. The Balaban J connectivity index is 1.74. The molecule has 0 bridgehead atoms. The molecule has 0 radical (unpaired) electrons. The molecule has 1 atom stereocenters. The van der Waals surface area contributed by atoms with E-state index in [1.165, 1.54) is 35.7 Å². The van der Waals surface area contributed by atoms with Gasteiger partial charge in [0.05, 0.1) is 23.7 Å². The van der Waals surface area contributed by atoms with Crippen LogP contribution in [0.3, 0.4) is 0 Å². The number of benzene rings is 2. The van der Waals surface area contributed by atoms with Gasteiger partial charge in [0.15, 0.2) is 0 Å². The number of phenolic OH excluding ortho intramolecular Hbond substituents is 1. The molecule has 8 nitrogen and oxygen atoms in total. The van der Waals surface area contributed by atoms with Crippen molar-refractivity contribution in [2.75, 3.05) is 12.4 Å². The molecule has 0 aliphatic heterocycles. The lowest BCUT2D eigenvalue weighted by Gasteiger charge is -2.14. The van der Waals surface area contributed by atoms with Crippen molar-refractivity contribution >= 4 is 35.0 Å². The van der Waals surface area contributed by atoms with Gasteiger partial charge in [0, 0.05) is 5.02 Å². The van der Waals surface area contributed by atoms with Crippen LogP contribution in [0.25, 0.3) is 5.69 Å². The third-order valence-corrected chi connectivity index (χ3v) is 4.87. The molecule has 3 aromatic rings. The summed E-state index contributed by atoms with van der Waals surface area (Å²) in [5.41, 5.74) is 1.16. The van der Waals surface area contributed by atoms with Gasteiger partial charge in [0.2, 0.25) is 11.1 Å². The number of anilines is 1. The number of thioether (sulfide) groups is 1. The summed E-state index contributed by atoms with van der Waals surface area (Å²) in [6.45, 7) is 1.74. The maximum Gasteiger partial charge on any atom is 0.237 e. The normalized spacial score (nSPS) is 11.8. The number of rotatable bonds is 6. The molecule has 0 aliphatic rings. The summed E-state index contributed by atoms with van der Waals surface area (Å²) in [7, 11) is 1.52. The Morgan fingerprint density at radius 1 is 1.30 bits per heavy atom. The number of aromatic nitrogens is 4. The summed E-state index contributed by atoms with van der Waals surface area (Å²) < 4.78 is 6.73. The zero-order valence-electron chi connectivity index (χ0n) is 14.5. The fourth-order valence-electron chi connectivity index (χ4n) is 2.23. The molecule has 140 valence electrons. The molecule has 1 heterocycles. The number of hydrogen-bond donors (Lipinski definition) is 2. The van der Waals surface area contributed by atoms with E-state index in [1.54, 1.807) is 37.3 Å². The number of halogens is 1. The molecule has 0 saturated carbocycles. The maximum atomic E-state index is 12.6. The van der Waals surface area contributed by atoms with E-state index in [0.717, 1.165) is 0 Å². The quantitative estimate of drug-likeness (QED) is 0.607. The molecule has 0 saturated heterocycles. The second kappa shape index (κ2) is 8.28. The number of ether oxygens (including phenoxy) is 1. The minimum Gasteiger partial charge on any atom is -0.508 e. The van der Waals surface area contributed by atoms with Crippen LogP contribution < -0.4 is 10.1 Å². The van der Waals surface area contributed by atoms with Gasteiger partial charge in [-0.1, -0.05) is 23.4 Å². The third kappa shape index (κ3) is 4.50. The Labute approximate surface area is 164 Å². The van der Waals surface area contributed by atoms with E-state index >= 15 is 0 Å². The lowest BCUT2D eigenvalue weighted by molar-refractivity contribution is -0.115. The zero-order chi connectivity index (χ0) is 19.4. The smallest absolute Gasteiger partial charge is 0.237 e. The zero-order valence-corrected chi connectivity index (χ0v) is 16.0. The summed E-state index contributed by atoms with van der Waals surface area (Å²) >= 11 is 7.19. The first-order valence-electron chi connectivity index (χ1n) is 7.87. The number of tetrazole rings is 1. The molecule has 2 N–H and O–H groups in total. The summed E-state index contributed by atoms with van der Waals surface area (Å²) in [5, 5.41) is 24.2. The van der Waals surface area contributed by atoms with Gasteiger partial charge in [-0.2, -0.15) is 4.68 Å². The van der Waals surface area contributed by atoms with Crippen molar-refractivity contribution < 1.29 is 14.6 Å². The molecule has 0 aliphatic carbocycles. The first-order valence-corrected chi connectivity index (χ1v) is 9.12. The van der Waals surface area contributed by atoms with Crippen molar-refractivity contribution in [1.29, 1.82) is 0 Å². The summed E-state index contributed by atoms with van der Waals surface area (Å²) in [6.07, 6.45) is 0. The Morgan fingerprint density at radius 3 is 2.74 bits per heavy atom. The number of nitrogens with one attached hydrogen (secondary N) is 1. The summed E-state index contributed by atoms with van der Waals surface area (Å²) in [6, 6.07) is 11.4. The Kier molecular flexibility index (Phi) is 5.82. The average Bonchev–Trinajstić information content (AvgIpc) is 3.10. The molecule has 1 amide bonds. The van der Waals surface area contributed by atoms with Crippen LogP contribution in [-0.4, -0.2) is 43.6 Å². The van der Waals surface area contributed by atoms with Crippen molar-refractivity contribution in [2.45, 2.75) is 17.3 Å². The number of hydrogen-bond acceptors (Lipinski definition) is 7. The van der Waals surface area contributed by atoms with E-state index in [9.17, 15) is 9.90 Å². The van der Waals surface area contributed by atoms with E-state index in [0.29, 0.717) is 27.3 Å². The highest BCUT2D eigenvalue weighted by Crippen LogP contribution is 2.29. The highest BCUT2D eigenvalue weighted by molar-refractivity contribution is 8.00. The van der Waals surface area contributed by atoms with Gasteiger partial charge in [-0.15, -0.1) is 5.10 Å². The van der Waals surface area contributed by atoms with E-state index in [2.05, 4.69) is 20.8 Å². The molecule has 27 heavy (non-hydrogen) atoms. The molecule has 1 aromatic heterocycles. The number of aromatic hydroxyl groups is 1. The topological polar surface area (TPSA) is 102 Å². The predicted octanol–water partition coefficient (Wildman–Crippen LogP) is 3.15. The lowest BCUT2D eigenvalue weighted by atomic mass is 10.3. The van der Waals surface area contributed by atoms with E-state index in [4.69, 9.17) is 16.3 Å². The molecular weight excluding hydrogens is 390 g/mol. The molecule has 10 heteroatoms. The molecule has 2 aromatic carbocycles. The number of nitrogens with zero attached hydrogens (tertiary/aromatic N) is 4. The van der Waals surface area contributed by atoms with E-state index in [-0.39, 0.29) is 11.7 Å². The minimum absolute atomic E-state index is 0.143. The summed E-state index contributed by atoms with van der Waals surface area (Å²) in [5.74, 6) is 0.406. The van der Waals surface area contributed by atoms with Crippen molar-refractivity contribution in [1.82, 2.24) is 20.2 Å². The molecule has 1 unspecified atom stereocenters. The van der Waals surface area contributed by atoms with Crippen molar-refractivity contribution in [3.63, 3.8) is 0 Å². The Bertz CT molecular complexity index is 948. The van der Waals surface area contributed by atoms with Gasteiger partial charge in [-0.3, -0.25) is 4.79 Å². The van der Waals surface area contributed by atoms with Crippen molar-refractivity contribution in [2.24, 2.45) is 0 Å². The second-order valence-electron chi connectivity index (χ2n) is 5.48. The average molecular weight is 406 g/mol. The largest absolute Gasteiger partial charge is 0.508 e. The predicted molar refractivity (Wildman–Crippen MR) is 103 cm³/mol. The number of methoxy groups -OCH3 is 1. The van der Waals surface area contributed by atoms with Crippen LogP contribution in [-0.2, 0) is 4.79 Å². The number of carbonyl (C=O) groups excluding carboxylic acids is 1. The van der Waals surface area contributed by atoms with Crippen LogP contribution in [0.2, 0.25) is 5.02 Å². The van der Waals surface area contributed by atoms with E-state index < -0.39 is 5.25 Å². The van der Waals surface area contributed by atoms with Crippen LogP contribution in [0.5, 0.6) is 11.5 Å². The number of carbonyl (C=O) groups is 1. The Morgan fingerprint density at radius 2 is 2.04 bits per heavy atom. The highest BCUT2D eigenvalue weighted by Gasteiger charge is 2.20. The second-order valence-corrected chi connectivity index (χ2v) is 7.23. The standard InChI is InChI=1S/C17H16ClN5O3S/c1-10(16(25)19-14-9-11(18)3-8-15(14)26-2)27-17-20-21-22-23(17)12-4-6-13(24)7-5-12/h3-10,24H,1-2H3,(H,19,25). The van der Waals surface area contributed by atoms with Gasteiger partial charge >= 0.3 is 0 Å². The third-order valence-electron chi connectivity index (χ3n) is 3.61. The van der Waals surface area contributed by atoms with Gasteiger partial charge in [-0.05, 0) is 59.8 Å². The number of amides is 1. The molecule has 3 rings (SSSR count). The summed E-state index contributed by atoms with van der Waals surface area (Å²) in [4.78, 5) is 12.6. The van der Waals surface area contributed by atoms with Crippen LogP contribution in [0.1, 0.15) is 6.92 Å². The fourth-order valence-corrected chi connectivity index (χ4v) is 3.21. The fraction of sp³-hybridized carbons (Fsp3) is 0.176. The van der Waals surface area contributed by atoms with Gasteiger partial charge in [-0.25, -0.2) is 0 Å². The van der Waals surface area contributed by atoms with Crippen LogP contribution in [0, 0.1) is 0 Å². The maximum absolute atomic E-state index is 12.6. The van der Waals surface area contributed by atoms with Gasteiger partial charge in [0.25, 0.3) is 0 Å². The van der Waals surface area contributed by atoms with Crippen LogP contribution in [0.4, 0.5) is 5.69 Å². The molecule has 0 spiro atoms. The molecular formula is C17H16ClN5O3S. The first-order chi connectivity index (χ1) is 13.0. The van der Waals surface area contributed by atoms with Crippen molar-refractivity contribution in [3.8, 4) is 17.2 Å². The van der Waals surface area contributed by atoms with Crippen LogP contribution >= 0.6 is 23.4 Å². The Hall–Kier alpha value is -2.78. The van der Waals surface area contributed by atoms with Gasteiger partial charge < -0.3 is 15.2 Å². The minimum atomic E-state index is -0.490. The lowest BCUT2D eigenvalue weighted by Crippen LogP contribution is -2.23.